The summed E-state index contributed by atoms with van der Waals surface area (Å²) in [4.78, 5) is 51.3. The molecule has 0 spiro atoms. The molecule has 0 bridgehead atoms. The molecule has 150 valence electrons. The molecule has 0 aliphatic rings. The monoisotopic (exact) mass is 416 g/mol. The first kappa shape index (κ1) is 20.1. The molecule has 1 atom stereocenters. The minimum Gasteiger partial charge on any atom is -0.477 e. The van der Waals surface area contributed by atoms with E-state index in [1.807, 2.05) is 0 Å². The number of nitro groups is 1. The third kappa shape index (κ3) is 3.59. The minimum absolute atomic E-state index is 0.00429. The SMILES string of the molecule is Cc1c(C(=O)O)sc2nc(Cc3ccc([N+](=O)[O-])cc3)n(C(C)C(N)=O)c(=O)c12. The van der Waals surface area contributed by atoms with Gasteiger partial charge in [-0.3, -0.25) is 24.3 Å². The molecular formula is C18H16N4O6S. The number of primary amides is 1. The van der Waals surface area contributed by atoms with Gasteiger partial charge in [-0.15, -0.1) is 11.3 Å². The summed E-state index contributed by atoms with van der Waals surface area (Å²) in [6.45, 7) is 2.97. The number of hydrogen-bond acceptors (Lipinski definition) is 7. The fourth-order valence-corrected chi connectivity index (χ4v) is 4.04. The number of aryl methyl sites for hydroxylation is 1. The molecule has 2 aromatic heterocycles. The Hall–Kier alpha value is -3.60. The number of benzene rings is 1. The molecule has 0 fully saturated rings. The lowest BCUT2D eigenvalue weighted by Crippen LogP contribution is -2.35. The van der Waals surface area contributed by atoms with Gasteiger partial charge < -0.3 is 10.8 Å². The van der Waals surface area contributed by atoms with E-state index in [0.717, 1.165) is 15.9 Å². The Balaban J connectivity index is 2.22. The number of carbonyl (C=O) groups excluding carboxylic acids is 1. The van der Waals surface area contributed by atoms with E-state index in [1.54, 1.807) is 0 Å². The number of carboxylic acids is 1. The van der Waals surface area contributed by atoms with Crippen LogP contribution in [0.4, 0.5) is 5.69 Å². The van der Waals surface area contributed by atoms with Crippen molar-refractivity contribution in [2.24, 2.45) is 5.73 Å². The fraction of sp³-hybridized carbons (Fsp3) is 0.222. The summed E-state index contributed by atoms with van der Waals surface area (Å²) in [7, 11) is 0. The maximum Gasteiger partial charge on any atom is 0.346 e. The molecule has 0 radical (unpaired) electrons. The van der Waals surface area contributed by atoms with Gasteiger partial charge in [0, 0.05) is 18.6 Å². The van der Waals surface area contributed by atoms with Crippen molar-refractivity contribution in [3.8, 4) is 0 Å². The van der Waals surface area contributed by atoms with Crippen molar-refractivity contribution < 1.29 is 19.6 Å². The number of nitro benzene ring substituents is 1. The number of aromatic carboxylic acids is 1. The zero-order chi connectivity index (χ0) is 21.5. The van der Waals surface area contributed by atoms with Gasteiger partial charge in [0.1, 0.15) is 21.6 Å². The summed E-state index contributed by atoms with van der Waals surface area (Å²) in [5, 5.41) is 20.3. The van der Waals surface area contributed by atoms with Gasteiger partial charge in [-0.2, -0.15) is 0 Å². The second-order valence-corrected chi connectivity index (χ2v) is 7.42. The average molecular weight is 416 g/mol. The van der Waals surface area contributed by atoms with Crippen LogP contribution >= 0.6 is 11.3 Å². The number of aromatic nitrogens is 2. The van der Waals surface area contributed by atoms with Crippen molar-refractivity contribution in [2.45, 2.75) is 26.3 Å². The molecule has 11 heteroatoms. The highest BCUT2D eigenvalue weighted by Gasteiger charge is 2.25. The van der Waals surface area contributed by atoms with Gasteiger partial charge in [0.05, 0.1) is 10.3 Å². The number of non-ortho nitro benzene ring substituents is 1. The number of nitrogens with two attached hydrogens (primary N) is 1. The van der Waals surface area contributed by atoms with Crippen molar-refractivity contribution in [1.29, 1.82) is 0 Å². The summed E-state index contributed by atoms with van der Waals surface area (Å²) < 4.78 is 1.15. The number of thiophene rings is 1. The highest BCUT2D eigenvalue weighted by molar-refractivity contribution is 7.20. The van der Waals surface area contributed by atoms with Crippen molar-refractivity contribution in [3.05, 3.63) is 66.6 Å². The number of amides is 1. The lowest BCUT2D eigenvalue weighted by molar-refractivity contribution is -0.384. The Bertz CT molecular complexity index is 1210. The molecule has 3 rings (SSSR count). The van der Waals surface area contributed by atoms with Crippen LogP contribution in [0.15, 0.2) is 29.1 Å². The van der Waals surface area contributed by atoms with Crippen molar-refractivity contribution in [1.82, 2.24) is 9.55 Å². The Labute approximate surface area is 167 Å². The molecule has 29 heavy (non-hydrogen) atoms. The highest BCUT2D eigenvalue weighted by atomic mass is 32.1. The van der Waals surface area contributed by atoms with E-state index in [9.17, 15) is 29.6 Å². The predicted molar refractivity (Wildman–Crippen MR) is 105 cm³/mol. The van der Waals surface area contributed by atoms with Crippen LogP contribution in [-0.2, 0) is 11.2 Å². The van der Waals surface area contributed by atoms with Crippen LogP contribution < -0.4 is 11.3 Å². The number of carboxylic acid groups (broad SMARTS) is 1. The van der Waals surface area contributed by atoms with Gasteiger partial charge in [0.25, 0.3) is 11.2 Å². The van der Waals surface area contributed by atoms with E-state index >= 15 is 0 Å². The standard InChI is InChI=1S/C18H16N4O6S/c1-8-13-16(29-14(8)18(25)26)20-12(21(17(13)24)9(2)15(19)23)7-10-3-5-11(6-4-10)22(27)28/h3-6,9H,7H2,1-2H3,(H2,19,23)(H,25,26). The first-order valence-corrected chi connectivity index (χ1v) is 9.24. The maximum absolute atomic E-state index is 13.1. The Morgan fingerprint density at radius 2 is 1.97 bits per heavy atom. The zero-order valence-electron chi connectivity index (χ0n) is 15.4. The lowest BCUT2D eigenvalue weighted by Gasteiger charge is -2.17. The molecule has 0 aliphatic carbocycles. The molecule has 0 saturated heterocycles. The lowest BCUT2D eigenvalue weighted by atomic mass is 10.1. The summed E-state index contributed by atoms with van der Waals surface area (Å²) in [6.07, 6.45) is 0.0974. The molecule has 3 N–H and O–H groups in total. The molecule has 1 unspecified atom stereocenters. The highest BCUT2D eigenvalue weighted by Crippen LogP contribution is 2.28. The second-order valence-electron chi connectivity index (χ2n) is 6.42. The number of fused-ring (bicyclic) bond motifs is 1. The summed E-state index contributed by atoms with van der Waals surface area (Å²) in [6, 6.07) is 4.68. The fourth-order valence-electron chi connectivity index (χ4n) is 3.01. The van der Waals surface area contributed by atoms with Gasteiger partial charge in [0.15, 0.2) is 0 Å². The summed E-state index contributed by atoms with van der Waals surface area (Å²) in [5.74, 6) is -1.71. The van der Waals surface area contributed by atoms with Crippen LogP contribution in [-0.4, -0.2) is 31.5 Å². The van der Waals surface area contributed by atoms with Crippen LogP contribution in [0, 0.1) is 17.0 Å². The van der Waals surface area contributed by atoms with Gasteiger partial charge >= 0.3 is 5.97 Å². The van der Waals surface area contributed by atoms with E-state index in [0.29, 0.717) is 5.56 Å². The third-order valence-electron chi connectivity index (χ3n) is 4.57. The van der Waals surface area contributed by atoms with Gasteiger partial charge in [-0.1, -0.05) is 12.1 Å². The quantitative estimate of drug-likeness (QED) is 0.459. The Morgan fingerprint density at radius 3 is 2.48 bits per heavy atom. The predicted octanol–water partition coefficient (Wildman–Crippen LogP) is 2.01. The smallest absolute Gasteiger partial charge is 0.346 e. The Morgan fingerprint density at radius 1 is 1.34 bits per heavy atom. The van der Waals surface area contributed by atoms with Crippen LogP contribution in [0.2, 0.25) is 0 Å². The first-order chi connectivity index (χ1) is 13.6. The Kier molecular flexibility index (Phi) is 5.16. The molecule has 3 aromatic rings. The molecule has 2 heterocycles. The molecule has 1 aromatic carbocycles. The number of rotatable bonds is 6. The van der Waals surface area contributed by atoms with Crippen LogP contribution in [0.25, 0.3) is 10.2 Å². The summed E-state index contributed by atoms with van der Waals surface area (Å²) in [5.41, 5.74) is 5.66. The van der Waals surface area contributed by atoms with Crippen molar-refractivity contribution in [2.75, 3.05) is 0 Å². The number of carbonyl (C=O) groups is 2. The van der Waals surface area contributed by atoms with E-state index in [-0.39, 0.29) is 38.6 Å². The van der Waals surface area contributed by atoms with Crippen LogP contribution in [0.5, 0.6) is 0 Å². The van der Waals surface area contributed by atoms with Crippen LogP contribution in [0.1, 0.15) is 39.6 Å². The first-order valence-electron chi connectivity index (χ1n) is 8.42. The second kappa shape index (κ2) is 7.43. The van der Waals surface area contributed by atoms with Crippen LogP contribution in [0.3, 0.4) is 0 Å². The normalized spacial score (nSPS) is 12.1. The van der Waals surface area contributed by atoms with E-state index in [4.69, 9.17) is 5.73 Å². The van der Waals surface area contributed by atoms with Gasteiger partial charge in [0.2, 0.25) is 5.91 Å². The van der Waals surface area contributed by atoms with E-state index < -0.39 is 28.4 Å². The molecular weight excluding hydrogens is 400 g/mol. The molecule has 1 amide bonds. The van der Waals surface area contributed by atoms with Gasteiger partial charge in [-0.05, 0) is 25.0 Å². The topological polar surface area (TPSA) is 158 Å². The van der Waals surface area contributed by atoms with E-state index in [1.165, 1.54) is 38.1 Å². The van der Waals surface area contributed by atoms with Gasteiger partial charge in [-0.25, -0.2) is 9.78 Å². The molecule has 0 saturated carbocycles. The van der Waals surface area contributed by atoms with E-state index in [2.05, 4.69) is 4.98 Å². The maximum atomic E-state index is 13.1. The number of nitrogens with zero attached hydrogens (tertiary/aromatic N) is 3. The molecule has 0 aliphatic heterocycles. The largest absolute Gasteiger partial charge is 0.477 e. The minimum atomic E-state index is -1.17. The zero-order valence-corrected chi connectivity index (χ0v) is 16.2. The van der Waals surface area contributed by atoms with Crippen molar-refractivity contribution >= 4 is 39.1 Å². The summed E-state index contributed by atoms with van der Waals surface area (Å²) >= 11 is 0.877. The molecule has 10 nitrogen and oxygen atoms in total. The number of hydrogen-bond donors (Lipinski definition) is 2. The van der Waals surface area contributed by atoms with Crippen molar-refractivity contribution in [3.63, 3.8) is 0 Å². The average Bonchev–Trinajstić information content (AvgIpc) is 2.98. The third-order valence-corrected chi connectivity index (χ3v) is 5.75.